The Balaban J connectivity index is 1.62. The number of nitriles is 1. The molecule has 4 rings (SSSR count). The predicted molar refractivity (Wildman–Crippen MR) is 151 cm³/mol. The van der Waals surface area contributed by atoms with Crippen LogP contribution >= 0.6 is 0 Å². The van der Waals surface area contributed by atoms with E-state index in [-0.39, 0.29) is 11.4 Å². The molecule has 2 aromatic carbocycles. The first-order chi connectivity index (χ1) is 17.7. The molecule has 0 radical (unpaired) electrons. The Hall–Kier alpha value is -4.10. The molecule has 2 aromatic heterocycles. The molecule has 2 heterocycles. The second-order valence-electron chi connectivity index (χ2n) is 10.1. The van der Waals surface area contributed by atoms with E-state index in [0.717, 1.165) is 47.0 Å². The van der Waals surface area contributed by atoms with Crippen molar-refractivity contribution in [2.45, 2.75) is 60.4 Å². The predicted octanol–water partition coefficient (Wildman–Crippen LogP) is 7.67. The molecule has 0 aliphatic rings. The summed E-state index contributed by atoms with van der Waals surface area (Å²) in [5.74, 6) is 0.247. The van der Waals surface area contributed by atoms with Crippen LogP contribution in [0.25, 0.3) is 11.8 Å². The van der Waals surface area contributed by atoms with Crippen molar-refractivity contribution in [3.8, 4) is 11.8 Å². The van der Waals surface area contributed by atoms with E-state index in [1.807, 2.05) is 51.1 Å². The van der Waals surface area contributed by atoms with Gasteiger partial charge in [0.2, 0.25) is 5.78 Å². The maximum atomic E-state index is 13.5. The van der Waals surface area contributed by atoms with Crippen molar-refractivity contribution in [3.63, 3.8) is 0 Å². The second kappa shape index (κ2) is 10.9. The summed E-state index contributed by atoms with van der Waals surface area (Å²) in [5.41, 5.74) is 9.25. The monoisotopic (exact) mass is 489 g/mol. The van der Waals surface area contributed by atoms with E-state index in [0.29, 0.717) is 11.5 Å². The Bertz CT molecular complexity index is 1490. The van der Waals surface area contributed by atoms with Crippen molar-refractivity contribution in [3.05, 3.63) is 117 Å². The molecule has 0 unspecified atom stereocenters. The highest BCUT2D eigenvalue weighted by atomic mass is 16.1. The Morgan fingerprint density at radius 1 is 0.919 bits per heavy atom. The molecule has 0 fully saturated rings. The van der Waals surface area contributed by atoms with Gasteiger partial charge < -0.3 is 9.13 Å². The van der Waals surface area contributed by atoms with Gasteiger partial charge in [0.15, 0.2) is 0 Å². The lowest BCUT2D eigenvalue weighted by atomic mass is 10.0. The summed E-state index contributed by atoms with van der Waals surface area (Å²) in [4.78, 5) is 13.5. The average molecular weight is 490 g/mol. The Labute approximate surface area is 220 Å². The summed E-state index contributed by atoms with van der Waals surface area (Å²) in [6.45, 7) is 13.2. The van der Waals surface area contributed by atoms with Crippen LogP contribution in [-0.2, 0) is 13.0 Å². The number of rotatable bonds is 8. The molecule has 0 amide bonds. The number of carbonyl (C=O) groups excluding carboxylic acids is 1. The molecule has 0 N–H and O–H groups in total. The van der Waals surface area contributed by atoms with Crippen molar-refractivity contribution in [1.82, 2.24) is 9.13 Å². The van der Waals surface area contributed by atoms with Gasteiger partial charge in [0.1, 0.15) is 11.6 Å². The molecule has 0 spiro atoms. The molecular formula is C33H35N3O. The molecule has 0 aliphatic heterocycles. The highest BCUT2D eigenvalue weighted by Crippen LogP contribution is 2.26. The highest BCUT2D eigenvalue weighted by molar-refractivity contribution is 6.14. The SMILES string of the molecule is Cc1cc(C(=O)/C(C#N)=C/c2cc(C)n(-c3ccc(C(C)C)cc3)c2C)c(C)n1CCc1ccccc1. The maximum Gasteiger partial charge on any atom is 0.205 e. The van der Waals surface area contributed by atoms with Gasteiger partial charge in [-0.1, -0.05) is 56.3 Å². The summed E-state index contributed by atoms with van der Waals surface area (Å²) in [6.07, 6.45) is 2.62. The van der Waals surface area contributed by atoms with Gasteiger partial charge in [0.05, 0.1) is 0 Å². The third-order valence-electron chi connectivity index (χ3n) is 7.24. The van der Waals surface area contributed by atoms with Crippen LogP contribution < -0.4 is 0 Å². The zero-order chi connectivity index (χ0) is 26.7. The molecule has 188 valence electrons. The summed E-state index contributed by atoms with van der Waals surface area (Å²) >= 11 is 0. The van der Waals surface area contributed by atoms with Crippen LogP contribution in [0, 0.1) is 39.0 Å². The first-order valence-electron chi connectivity index (χ1n) is 12.9. The van der Waals surface area contributed by atoms with Gasteiger partial charge in [-0.05, 0) is 87.1 Å². The number of ketones is 1. The third kappa shape index (κ3) is 5.37. The van der Waals surface area contributed by atoms with E-state index in [1.165, 1.54) is 11.1 Å². The Morgan fingerprint density at radius 3 is 2.22 bits per heavy atom. The first-order valence-corrected chi connectivity index (χ1v) is 12.9. The lowest BCUT2D eigenvalue weighted by Gasteiger charge is -2.12. The molecule has 0 bridgehead atoms. The summed E-state index contributed by atoms with van der Waals surface area (Å²) in [5, 5.41) is 9.95. The number of hydrogen-bond donors (Lipinski definition) is 0. The van der Waals surface area contributed by atoms with Gasteiger partial charge in [-0.3, -0.25) is 4.79 Å². The summed E-state index contributed by atoms with van der Waals surface area (Å²) in [6, 6.07) is 25.0. The number of aromatic nitrogens is 2. The van der Waals surface area contributed by atoms with E-state index < -0.39 is 0 Å². The summed E-state index contributed by atoms with van der Waals surface area (Å²) < 4.78 is 4.34. The van der Waals surface area contributed by atoms with E-state index in [2.05, 4.69) is 72.4 Å². The number of aryl methyl sites for hydroxylation is 3. The fourth-order valence-electron chi connectivity index (χ4n) is 5.05. The van der Waals surface area contributed by atoms with Crippen LogP contribution in [0.1, 0.15) is 69.6 Å². The quantitative estimate of drug-likeness (QED) is 0.145. The first kappa shape index (κ1) is 26.0. The van der Waals surface area contributed by atoms with E-state index >= 15 is 0 Å². The van der Waals surface area contributed by atoms with Crippen molar-refractivity contribution in [2.75, 3.05) is 0 Å². The largest absolute Gasteiger partial charge is 0.348 e. The molecule has 0 saturated heterocycles. The number of nitrogens with zero attached hydrogens (tertiary/aromatic N) is 3. The number of Topliss-reactive ketones (excluding diaryl/α,β-unsaturated/α-hetero) is 1. The molecule has 0 aliphatic carbocycles. The third-order valence-corrected chi connectivity index (χ3v) is 7.24. The van der Waals surface area contributed by atoms with Crippen molar-refractivity contribution in [1.29, 1.82) is 5.26 Å². The topological polar surface area (TPSA) is 50.7 Å². The van der Waals surface area contributed by atoms with Crippen molar-refractivity contribution >= 4 is 11.9 Å². The minimum absolute atomic E-state index is 0.152. The maximum absolute atomic E-state index is 13.5. The fourth-order valence-corrected chi connectivity index (χ4v) is 5.05. The van der Waals surface area contributed by atoms with Crippen molar-refractivity contribution in [2.24, 2.45) is 0 Å². The van der Waals surface area contributed by atoms with Gasteiger partial charge in [0, 0.05) is 40.6 Å². The van der Waals surface area contributed by atoms with E-state index in [9.17, 15) is 10.1 Å². The van der Waals surface area contributed by atoms with Crippen LogP contribution in [-0.4, -0.2) is 14.9 Å². The van der Waals surface area contributed by atoms with Gasteiger partial charge in [0.25, 0.3) is 0 Å². The van der Waals surface area contributed by atoms with Crippen LogP contribution in [0.3, 0.4) is 0 Å². The number of allylic oxidation sites excluding steroid dienone is 1. The van der Waals surface area contributed by atoms with Crippen molar-refractivity contribution < 1.29 is 4.79 Å². The molecule has 0 saturated carbocycles. The van der Waals surface area contributed by atoms with Gasteiger partial charge in [-0.25, -0.2) is 0 Å². The lowest BCUT2D eigenvalue weighted by Crippen LogP contribution is -2.08. The van der Waals surface area contributed by atoms with Gasteiger partial charge >= 0.3 is 0 Å². The second-order valence-corrected chi connectivity index (χ2v) is 10.1. The zero-order valence-corrected chi connectivity index (χ0v) is 22.7. The minimum atomic E-state index is -0.229. The number of carbonyl (C=O) groups is 1. The molecule has 37 heavy (non-hydrogen) atoms. The van der Waals surface area contributed by atoms with Crippen LogP contribution in [0.15, 0.2) is 72.3 Å². The van der Waals surface area contributed by atoms with Crippen LogP contribution in [0.4, 0.5) is 0 Å². The fraction of sp³-hybridized carbons (Fsp3) is 0.273. The molecular weight excluding hydrogens is 454 g/mol. The normalized spacial score (nSPS) is 11.7. The molecule has 4 heteroatoms. The zero-order valence-electron chi connectivity index (χ0n) is 22.7. The summed E-state index contributed by atoms with van der Waals surface area (Å²) in [7, 11) is 0. The number of hydrogen-bond acceptors (Lipinski definition) is 2. The minimum Gasteiger partial charge on any atom is -0.348 e. The Morgan fingerprint density at radius 2 is 1.59 bits per heavy atom. The van der Waals surface area contributed by atoms with Crippen LogP contribution in [0.5, 0.6) is 0 Å². The standard InChI is InChI=1S/C33H35N3O/c1-22(2)28-12-14-31(15-13-28)36-24(4)18-29(25(36)5)20-30(21-34)33(37)32-19-23(3)35(26(32)6)17-16-27-10-8-7-9-11-27/h7-15,18-20,22H,16-17H2,1-6H3/b30-20+. The lowest BCUT2D eigenvalue weighted by molar-refractivity contribution is 0.103. The van der Waals surface area contributed by atoms with E-state index in [4.69, 9.17) is 0 Å². The average Bonchev–Trinajstić information content (AvgIpc) is 3.34. The number of benzene rings is 2. The molecule has 0 atom stereocenters. The molecule has 4 aromatic rings. The van der Waals surface area contributed by atoms with Gasteiger partial charge in [-0.15, -0.1) is 0 Å². The van der Waals surface area contributed by atoms with Gasteiger partial charge in [-0.2, -0.15) is 5.26 Å². The smallest absolute Gasteiger partial charge is 0.205 e. The van der Waals surface area contributed by atoms with Crippen LogP contribution in [0.2, 0.25) is 0 Å². The molecule has 4 nitrogen and oxygen atoms in total. The highest BCUT2D eigenvalue weighted by Gasteiger charge is 2.20. The van der Waals surface area contributed by atoms with E-state index in [1.54, 1.807) is 6.08 Å². The Kier molecular flexibility index (Phi) is 7.64.